The van der Waals surface area contributed by atoms with E-state index in [0.29, 0.717) is 6.54 Å². The Bertz CT molecular complexity index is 602. The van der Waals surface area contributed by atoms with Crippen LogP contribution in [0.25, 0.3) is 11.1 Å². The molecule has 1 fully saturated rings. The van der Waals surface area contributed by atoms with Crippen molar-refractivity contribution in [2.75, 3.05) is 13.6 Å². The van der Waals surface area contributed by atoms with E-state index in [-0.39, 0.29) is 11.3 Å². The fourth-order valence-corrected chi connectivity index (χ4v) is 2.35. The van der Waals surface area contributed by atoms with Crippen LogP contribution in [0.1, 0.15) is 18.4 Å². The maximum atomic E-state index is 12.1. The molecule has 1 aliphatic carbocycles. The highest BCUT2D eigenvalue weighted by molar-refractivity contribution is 5.85. The first-order chi connectivity index (χ1) is 9.23. The summed E-state index contributed by atoms with van der Waals surface area (Å²) in [5, 5.41) is 6.09. The molecule has 2 N–H and O–H groups in total. The summed E-state index contributed by atoms with van der Waals surface area (Å²) in [5.41, 5.74) is 2.44. The lowest BCUT2D eigenvalue weighted by Crippen LogP contribution is -2.37. The van der Waals surface area contributed by atoms with E-state index in [4.69, 9.17) is 4.42 Å². The fourth-order valence-electron chi connectivity index (χ4n) is 2.35. The van der Waals surface area contributed by atoms with Crippen LogP contribution >= 0.6 is 0 Å². The second kappa shape index (κ2) is 4.66. The number of hydrogen-bond donors (Lipinski definition) is 2. The summed E-state index contributed by atoms with van der Waals surface area (Å²) < 4.78 is 5.25. The summed E-state index contributed by atoms with van der Waals surface area (Å²) in [7, 11) is 1.88. The van der Waals surface area contributed by atoms with Crippen molar-refractivity contribution < 1.29 is 9.21 Å². The van der Waals surface area contributed by atoms with Crippen molar-refractivity contribution >= 4 is 17.0 Å². The van der Waals surface area contributed by atoms with Crippen LogP contribution in [0.4, 0.5) is 0 Å². The number of carbonyl (C=O) groups excluding carboxylic acids is 1. The first-order valence-corrected chi connectivity index (χ1v) is 6.49. The van der Waals surface area contributed by atoms with Gasteiger partial charge in [-0.2, -0.15) is 0 Å². The molecule has 5 heteroatoms. The van der Waals surface area contributed by atoms with Gasteiger partial charge in [-0.1, -0.05) is 6.07 Å². The second-order valence-electron chi connectivity index (χ2n) is 5.15. The molecule has 0 spiro atoms. The topological polar surface area (TPSA) is 67.2 Å². The number of aromatic nitrogens is 1. The molecule has 1 aliphatic rings. The third-order valence-electron chi connectivity index (χ3n) is 3.70. The van der Waals surface area contributed by atoms with Gasteiger partial charge in [0.05, 0.1) is 5.41 Å². The minimum absolute atomic E-state index is 0.138. The predicted octanol–water partition coefficient (Wildman–Crippen LogP) is 1.44. The van der Waals surface area contributed by atoms with E-state index in [0.717, 1.165) is 36.0 Å². The zero-order valence-corrected chi connectivity index (χ0v) is 10.9. The van der Waals surface area contributed by atoms with Crippen LogP contribution in [-0.4, -0.2) is 24.5 Å². The molecule has 0 atom stereocenters. The minimum Gasteiger partial charge on any atom is -0.443 e. The van der Waals surface area contributed by atoms with Gasteiger partial charge in [0, 0.05) is 13.1 Å². The molecule has 0 aliphatic heterocycles. The summed E-state index contributed by atoms with van der Waals surface area (Å²) in [6.07, 6.45) is 3.38. The second-order valence-corrected chi connectivity index (χ2v) is 5.15. The molecule has 0 radical (unpaired) electrons. The van der Waals surface area contributed by atoms with E-state index in [1.165, 1.54) is 6.39 Å². The Kier molecular flexibility index (Phi) is 2.98. The molecular weight excluding hydrogens is 242 g/mol. The Labute approximate surface area is 111 Å². The quantitative estimate of drug-likeness (QED) is 0.852. The molecule has 1 aromatic carbocycles. The van der Waals surface area contributed by atoms with Crippen LogP contribution in [-0.2, 0) is 11.3 Å². The Morgan fingerprint density at radius 2 is 2.32 bits per heavy atom. The molecule has 2 aromatic rings. The zero-order valence-electron chi connectivity index (χ0n) is 10.9. The Morgan fingerprint density at radius 3 is 3.05 bits per heavy atom. The van der Waals surface area contributed by atoms with E-state index < -0.39 is 0 Å². The molecular formula is C14H17N3O2. The van der Waals surface area contributed by atoms with Crippen LogP contribution in [0, 0.1) is 5.41 Å². The third kappa shape index (κ3) is 2.33. The maximum absolute atomic E-state index is 12.1. The van der Waals surface area contributed by atoms with Gasteiger partial charge in [0.25, 0.3) is 0 Å². The van der Waals surface area contributed by atoms with Gasteiger partial charge in [0.2, 0.25) is 5.91 Å². The van der Waals surface area contributed by atoms with Crippen LogP contribution in [0.15, 0.2) is 29.0 Å². The number of rotatable bonds is 5. The number of hydrogen-bond acceptors (Lipinski definition) is 4. The summed E-state index contributed by atoms with van der Waals surface area (Å²) in [5.74, 6) is 0.138. The number of nitrogens with one attached hydrogen (secondary N) is 2. The van der Waals surface area contributed by atoms with Crippen LogP contribution in [0.3, 0.4) is 0 Å². The lowest BCUT2D eigenvalue weighted by molar-refractivity contribution is -0.126. The van der Waals surface area contributed by atoms with Gasteiger partial charge >= 0.3 is 0 Å². The molecule has 1 aromatic heterocycles. The van der Waals surface area contributed by atoms with E-state index >= 15 is 0 Å². The number of nitrogens with zero attached hydrogens (tertiary/aromatic N) is 1. The van der Waals surface area contributed by atoms with Crippen LogP contribution < -0.4 is 10.6 Å². The third-order valence-corrected chi connectivity index (χ3v) is 3.70. The predicted molar refractivity (Wildman–Crippen MR) is 71.4 cm³/mol. The summed E-state index contributed by atoms with van der Waals surface area (Å²) in [6, 6.07) is 5.78. The number of carbonyl (C=O) groups is 1. The normalized spacial score (nSPS) is 16.5. The monoisotopic (exact) mass is 259 g/mol. The molecule has 0 bridgehead atoms. The van der Waals surface area contributed by atoms with Crippen LogP contribution in [0.5, 0.6) is 0 Å². The lowest BCUT2D eigenvalue weighted by atomic mass is 10.1. The van der Waals surface area contributed by atoms with Crippen molar-refractivity contribution in [3.8, 4) is 0 Å². The van der Waals surface area contributed by atoms with E-state index in [9.17, 15) is 4.79 Å². The van der Waals surface area contributed by atoms with Gasteiger partial charge in [0.15, 0.2) is 12.0 Å². The number of fused-ring (bicyclic) bond motifs is 1. The number of benzene rings is 1. The zero-order chi connectivity index (χ0) is 13.3. The van der Waals surface area contributed by atoms with Crippen LogP contribution in [0.2, 0.25) is 0 Å². The summed E-state index contributed by atoms with van der Waals surface area (Å²) in [6.45, 7) is 1.28. The largest absolute Gasteiger partial charge is 0.443 e. The minimum atomic E-state index is -0.176. The van der Waals surface area contributed by atoms with Gasteiger partial charge in [0.1, 0.15) is 5.52 Å². The first-order valence-electron chi connectivity index (χ1n) is 6.49. The molecule has 1 amide bonds. The van der Waals surface area contributed by atoms with Crippen molar-refractivity contribution in [3.05, 3.63) is 30.2 Å². The van der Waals surface area contributed by atoms with Gasteiger partial charge in [-0.3, -0.25) is 4.79 Å². The average Bonchev–Trinajstić information content (AvgIpc) is 3.05. The molecule has 0 unspecified atom stereocenters. The highest BCUT2D eigenvalue weighted by Gasteiger charge is 2.48. The van der Waals surface area contributed by atoms with Crippen molar-refractivity contribution in [1.82, 2.24) is 15.6 Å². The fraction of sp³-hybridized carbons (Fsp3) is 0.429. The van der Waals surface area contributed by atoms with E-state index in [2.05, 4.69) is 15.6 Å². The van der Waals surface area contributed by atoms with Gasteiger partial charge in [-0.25, -0.2) is 4.98 Å². The molecule has 19 heavy (non-hydrogen) atoms. The Hall–Kier alpha value is -1.88. The molecule has 1 saturated carbocycles. The van der Waals surface area contributed by atoms with E-state index in [1.54, 1.807) is 0 Å². The molecule has 0 saturated heterocycles. The molecule has 3 rings (SSSR count). The lowest BCUT2D eigenvalue weighted by Gasteiger charge is -2.14. The van der Waals surface area contributed by atoms with Gasteiger partial charge < -0.3 is 15.1 Å². The van der Waals surface area contributed by atoms with Crippen molar-refractivity contribution in [3.63, 3.8) is 0 Å². The number of oxazole rings is 1. The average molecular weight is 259 g/mol. The van der Waals surface area contributed by atoms with E-state index in [1.807, 2.05) is 25.2 Å². The first kappa shape index (κ1) is 12.2. The SMILES string of the molecule is CNCC1(C(=O)NCc2ccc3ncoc3c2)CC1. The molecule has 100 valence electrons. The smallest absolute Gasteiger partial charge is 0.227 e. The number of amides is 1. The highest BCUT2D eigenvalue weighted by atomic mass is 16.3. The van der Waals surface area contributed by atoms with Gasteiger partial charge in [-0.15, -0.1) is 0 Å². The standard InChI is InChI=1S/C14H17N3O2/c1-15-8-14(4-5-14)13(18)16-7-10-2-3-11-12(6-10)19-9-17-11/h2-3,6,9,15H,4-5,7-8H2,1H3,(H,16,18). The van der Waals surface area contributed by atoms with Crippen molar-refractivity contribution in [2.24, 2.45) is 5.41 Å². The maximum Gasteiger partial charge on any atom is 0.227 e. The summed E-state index contributed by atoms with van der Waals surface area (Å²) in [4.78, 5) is 16.2. The highest BCUT2D eigenvalue weighted by Crippen LogP contribution is 2.45. The van der Waals surface area contributed by atoms with Crippen molar-refractivity contribution in [1.29, 1.82) is 0 Å². The van der Waals surface area contributed by atoms with Gasteiger partial charge in [-0.05, 0) is 37.6 Å². The summed E-state index contributed by atoms with van der Waals surface area (Å²) >= 11 is 0. The Morgan fingerprint density at radius 1 is 1.47 bits per heavy atom. The molecule has 1 heterocycles. The van der Waals surface area contributed by atoms with Crippen molar-refractivity contribution in [2.45, 2.75) is 19.4 Å². The Balaban J connectivity index is 1.64. The molecule has 5 nitrogen and oxygen atoms in total.